The minimum absolute atomic E-state index is 0.109. The van der Waals surface area contributed by atoms with E-state index in [-0.39, 0.29) is 11.3 Å². The third-order valence-electron chi connectivity index (χ3n) is 5.17. The smallest absolute Gasteiger partial charge is 0.259 e. The molecule has 1 fully saturated rings. The van der Waals surface area contributed by atoms with E-state index in [9.17, 15) is 4.79 Å². The second kappa shape index (κ2) is 9.40. The number of thiocarbonyl (C=S) groups is 1. The van der Waals surface area contributed by atoms with Crippen LogP contribution in [0.4, 0.5) is 0 Å². The maximum Gasteiger partial charge on any atom is 0.259 e. The number of methoxy groups -OCH3 is 1. The van der Waals surface area contributed by atoms with E-state index in [4.69, 9.17) is 21.7 Å². The Hall–Kier alpha value is -2.38. The molecule has 31 heavy (non-hydrogen) atoms. The Morgan fingerprint density at radius 1 is 1.16 bits per heavy atom. The first-order chi connectivity index (χ1) is 14.6. The number of rotatable bonds is 6. The number of amides is 1. The lowest BCUT2D eigenvalue weighted by Gasteiger charge is -2.22. The lowest BCUT2D eigenvalue weighted by atomic mass is 9.84. The highest BCUT2D eigenvalue weighted by atomic mass is 32.2. The summed E-state index contributed by atoms with van der Waals surface area (Å²) < 4.78 is 12.1. The van der Waals surface area contributed by atoms with Crippen molar-refractivity contribution in [1.29, 1.82) is 0 Å². The highest BCUT2D eigenvalue weighted by Crippen LogP contribution is 2.31. The van der Waals surface area contributed by atoms with Crippen LogP contribution in [0.25, 0.3) is 0 Å². The van der Waals surface area contributed by atoms with E-state index < -0.39 is 0 Å². The number of hydrogen-bond donors (Lipinski definition) is 0. The summed E-state index contributed by atoms with van der Waals surface area (Å²) in [5.74, 6) is 1.49. The van der Waals surface area contributed by atoms with Gasteiger partial charge in [0.1, 0.15) is 6.61 Å². The molecular weight excluding hydrogens is 428 g/mol. The van der Waals surface area contributed by atoms with Gasteiger partial charge in [0.2, 0.25) is 0 Å². The van der Waals surface area contributed by atoms with Crippen LogP contribution in [0.15, 0.2) is 35.4 Å². The normalized spacial score (nSPS) is 14.6. The summed E-state index contributed by atoms with van der Waals surface area (Å²) >= 11 is 6.46. The van der Waals surface area contributed by atoms with Gasteiger partial charge in [-0.3, -0.25) is 4.79 Å². The topological polar surface area (TPSA) is 51.1 Å². The van der Waals surface area contributed by atoms with Crippen molar-refractivity contribution in [1.82, 2.24) is 5.01 Å². The first-order valence-electron chi connectivity index (χ1n) is 10.1. The average molecular weight is 457 g/mol. The van der Waals surface area contributed by atoms with Gasteiger partial charge in [-0.05, 0) is 65.3 Å². The SMILES string of the molecule is COc1cc(C=NN2C(=O)CSC2=S)ccc1OCc1c(C)cc(C(C)(C)C)cc1C. The summed E-state index contributed by atoms with van der Waals surface area (Å²) in [4.78, 5) is 11.8. The van der Waals surface area contributed by atoms with Crippen molar-refractivity contribution < 1.29 is 14.3 Å². The van der Waals surface area contributed by atoms with Crippen LogP contribution in [0.3, 0.4) is 0 Å². The predicted molar refractivity (Wildman–Crippen MR) is 131 cm³/mol. The molecule has 1 heterocycles. The summed E-state index contributed by atoms with van der Waals surface area (Å²) in [7, 11) is 1.60. The fraction of sp³-hybridized carbons (Fsp3) is 0.375. The molecular formula is C24H28N2O3S2. The largest absolute Gasteiger partial charge is 0.493 e. The van der Waals surface area contributed by atoms with Crippen LogP contribution in [0.1, 0.15) is 48.6 Å². The van der Waals surface area contributed by atoms with E-state index >= 15 is 0 Å². The number of carbonyl (C=O) groups is 1. The van der Waals surface area contributed by atoms with Crippen molar-refractivity contribution in [2.75, 3.05) is 12.9 Å². The molecule has 0 aliphatic carbocycles. The highest BCUT2D eigenvalue weighted by molar-refractivity contribution is 8.23. The van der Waals surface area contributed by atoms with Gasteiger partial charge in [-0.25, -0.2) is 0 Å². The summed E-state index contributed by atoms with van der Waals surface area (Å²) in [6.07, 6.45) is 1.60. The van der Waals surface area contributed by atoms with E-state index in [1.54, 1.807) is 13.3 Å². The van der Waals surface area contributed by atoms with Crippen molar-refractivity contribution in [2.45, 2.75) is 46.6 Å². The molecule has 0 saturated carbocycles. The van der Waals surface area contributed by atoms with Gasteiger partial charge in [-0.1, -0.05) is 56.9 Å². The van der Waals surface area contributed by atoms with Crippen molar-refractivity contribution in [3.05, 3.63) is 58.1 Å². The van der Waals surface area contributed by atoms with E-state index in [2.05, 4.69) is 51.9 Å². The van der Waals surface area contributed by atoms with Gasteiger partial charge in [0.05, 0.1) is 19.1 Å². The van der Waals surface area contributed by atoms with E-state index in [0.717, 1.165) is 5.56 Å². The molecule has 5 nitrogen and oxygen atoms in total. The summed E-state index contributed by atoms with van der Waals surface area (Å²) in [6, 6.07) is 10.0. The molecule has 0 unspecified atom stereocenters. The maximum absolute atomic E-state index is 11.8. The average Bonchev–Trinajstić information content (AvgIpc) is 3.02. The van der Waals surface area contributed by atoms with Gasteiger partial charge in [-0.15, -0.1) is 0 Å². The van der Waals surface area contributed by atoms with E-state index in [0.29, 0.717) is 28.2 Å². The number of thioether (sulfide) groups is 1. The Bertz CT molecular complexity index is 1000. The molecule has 0 aromatic heterocycles. The molecule has 1 amide bonds. The van der Waals surface area contributed by atoms with Crippen LogP contribution in [0, 0.1) is 13.8 Å². The van der Waals surface area contributed by atoms with Crippen molar-refractivity contribution in [3.8, 4) is 11.5 Å². The summed E-state index contributed by atoms with van der Waals surface area (Å²) in [5, 5.41) is 5.46. The molecule has 0 N–H and O–H groups in total. The number of benzene rings is 2. The van der Waals surface area contributed by atoms with Crippen LogP contribution in [-0.4, -0.2) is 34.3 Å². The van der Waals surface area contributed by atoms with Gasteiger partial charge in [0, 0.05) is 0 Å². The number of hydrogen-bond acceptors (Lipinski definition) is 6. The van der Waals surface area contributed by atoms with Crippen LogP contribution in [0.2, 0.25) is 0 Å². The predicted octanol–water partition coefficient (Wildman–Crippen LogP) is 5.38. The number of aryl methyl sites for hydroxylation is 2. The Balaban J connectivity index is 1.76. The maximum atomic E-state index is 11.8. The zero-order valence-electron chi connectivity index (χ0n) is 18.8. The first kappa shape index (κ1) is 23.3. The fourth-order valence-electron chi connectivity index (χ4n) is 3.27. The lowest BCUT2D eigenvalue weighted by Crippen LogP contribution is -2.22. The van der Waals surface area contributed by atoms with Crippen molar-refractivity contribution in [3.63, 3.8) is 0 Å². The zero-order valence-corrected chi connectivity index (χ0v) is 20.4. The second-order valence-corrected chi connectivity index (χ2v) is 10.2. The van der Waals surface area contributed by atoms with E-state index in [1.165, 1.54) is 39.0 Å². The third-order valence-corrected chi connectivity index (χ3v) is 6.51. The van der Waals surface area contributed by atoms with Gasteiger partial charge in [0.15, 0.2) is 15.8 Å². The quantitative estimate of drug-likeness (QED) is 0.431. The molecule has 0 spiro atoms. The Morgan fingerprint density at radius 2 is 1.84 bits per heavy atom. The molecule has 3 rings (SSSR count). The minimum Gasteiger partial charge on any atom is -0.493 e. The summed E-state index contributed by atoms with van der Waals surface area (Å²) in [6.45, 7) is 11.4. The van der Waals surface area contributed by atoms with Crippen LogP contribution in [-0.2, 0) is 16.8 Å². The Kier molecular flexibility index (Phi) is 7.06. The molecule has 0 bridgehead atoms. The minimum atomic E-state index is -0.110. The molecule has 1 aliphatic heterocycles. The van der Waals surface area contributed by atoms with Gasteiger partial charge in [-0.2, -0.15) is 10.1 Å². The van der Waals surface area contributed by atoms with Crippen molar-refractivity contribution >= 4 is 40.4 Å². The number of ether oxygens (including phenoxy) is 2. The molecule has 0 atom stereocenters. The monoisotopic (exact) mass is 456 g/mol. The molecule has 1 saturated heterocycles. The molecule has 7 heteroatoms. The van der Waals surface area contributed by atoms with Gasteiger partial charge < -0.3 is 9.47 Å². The number of nitrogens with zero attached hydrogens (tertiary/aromatic N) is 2. The fourth-order valence-corrected chi connectivity index (χ4v) is 4.24. The number of hydrazone groups is 1. The standard InChI is InChI=1S/C24H28N2O3S2/c1-15-9-18(24(3,4)5)10-16(2)19(15)13-29-20-8-7-17(11-21(20)28-6)12-25-26-22(27)14-31-23(26)30/h7-12H,13-14H2,1-6H3. The van der Waals surface area contributed by atoms with E-state index in [1.807, 2.05) is 18.2 Å². The molecule has 1 aliphatic rings. The third kappa shape index (κ3) is 5.46. The Labute approximate surface area is 193 Å². The van der Waals surface area contributed by atoms with Gasteiger partial charge in [0.25, 0.3) is 5.91 Å². The first-order valence-corrected chi connectivity index (χ1v) is 11.4. The second-order valence-electron chi connectivity index (χ2n) is 8.54. The zero-order chi connectivity index (χ0) is 22.8. The number of carbonyl (C=O) groups excluding carboxylic acids is 1. The lowest BCUT2D eigenvalue weighted by molar-refractivity contribution is -0.123. The summed E-state index contributed by atoms with van der Waals surface area (Å²) in [5.41, 5.74) is 5.84. The molecule has 164 valence electrons. The van der Waals surface area contributed by atoms with Crippen LogP contribution in [0.5, 0.6) is 11.5 Å². The van der Waals surface area contributed by atoms with Crippen LogP contribution >= 0.6 is 24.0 Å². The molecule has 2 aromatic carbocycles. The molecule has 0 radical (unpaired) electrons. The molecule has 2 aromatic rings. The highest BCUT2D eigenvalue weighted by Gasteiger charge is 2.26. The van der Waals surface area contributed by atoms with Gasteiger partial charge >= 0.3 is 0 Å². The Morgan fingerprint density at radius 3 is 2.39 bits per heavy atom. The van der Waals surface area contributed by atoms with Crippen molar-refractivity contribution in [2.24, 2.45) is 5.10 Å². The van der Waals surface area contributed by atoms with Crippen LogP contribution < -0.4 is 9.47 Å².